The van der Waals surface area contributed by atoms with Crippen LogP contribution in [-0.2, 0) is 50.1 Å². The van der Waals surface area contributed by atoms with Crippen LogP contribution in [0.25, 0.3) is 0 Å². The van der Waals surface area contributed by atoms with Crippen LogP contribution in [0.15, 0.2) is 121 Å². The van der Waals surface area contributed by atoms with Gasteiger partial charge in [0.2, 0.25) is 0 Å². The average molecular weight is 555 g/mol. The van der Waals surface area contributed by atoms with E-state index in [2.05, 4.69) is 0 Å². The monoisotopic (exact) mass is 554 g/mol. The van der Waals surface area contributed by atoms with Crippen molar-refractivity contribution in [1.29, 1.82) is 0 Å². The molecule has 0 bridgehead atoms. The van der Waals surface area contributed by atoms with Gasteiger partial charge in [-0.1, -0.05) is 121 Å². The van der Waals surface area contributed by atoms with E-state index >= 15 is 0 Å². The molecule has 1 fully saturated rings. The second-order valence-corrected chi connectivity index (χ2v) is 10.3. The standard InChI is InChI=1S/C35H38O6/c36-26-35(27-38-22-29-15-7-2-8-16-29)34(40-24-31-19-11-4-12-20-31)33(39-23-30-17-9-3-10-18-30)32(41-35)25-37-21-28-13-5-1-6-14-28/h1-20,32-34,36H,21-27H2/t32-,33-,34+,35+/m1/s1. The average Bonchev–Trinajstić information content (AvgIpc) is 3.33. The topological polar surface area (TPSA) is 66.4 Å². The molecule has 1 N–H and O–H groups in total. The molecule has 214 valence electrons. The second kappa shape index (κ2) is 15.0. The smallest absolute Gasteiger partial charge is 0.144 e. The fourth-order valence-corrected chi connectivity index (χ4v) is 5.10. The molecule has 5 rings (SSSR count). The van der Waals surface area contributed by atoms with Crippen molar-refractivity contribution in [3.8, 4) is 0 Å². The van der Waals surface area contributed by atoms with Crippen molar-refractivity contribution in [2.24, 2.45) is 0 Å². The van der Waals surface area contributed by atoms with Gasteiger partial charge in [0.25, 0.3) is 0 Å². The number of ether oxygens (including phenoxy) is 5. The number of hydrogen-bond donors (Lipinski definition) is 1. The molecule has 4 atom stereocenters. The highest BCUT2D eigenvalue weighted by atomic mass is 16.6. The van der Waals surface area contributed by atoms with Gasteiger partial charge in [-0.05, 0) is 22.3 Å². The molecule has 4 aromatic carbocycles. The fraction of sp³-hybridized carbons (Fsp3) is 0.314. The molecule has 0 unspecified atom stereocenters. The quantitative estimate of drug-likeness (QED) is 0.203. The largest absolute Gasteiger partial charge is 0.393 e. The minimum absolute atomic E-state index is 0.137. The summed E-state index contributed by atoms with van der Waals surface area (Å²) in [6.07, 6.45) is -1.57. The van der Waals surface area contributed by atoms with E-state index in [1.807, 2.05) is 121 Å². The summed E-state index contributed by atoms with van der Waals surface area (Å²) in [4.78, 5) is 0. The number of aliphatic hydroxyl groups is 1. The number of aliphatic hydroxyl groups excluding tert-OH is 1. The first kappa shape index (κ1) is 29.1. The van der Waals surface area contributed by atoms with Gasteiger partial charge in [-0.15, -0.1) is 0 Å². The van der Waals surface area contributed by atoms with E-state index in [1.54, 1.807) is 0 Å². The van der Waals surface area contributed by atoms with Crippen LogP contribution in [0, 0.1) is 0 Å². The van der Waals surface area contributed by atoms with Crippen LogP contribution in [0.4, 0.5) is 0 Å². The van der Waals surface area contributed by atoms with Gasteiger partial charge in [-0.25, -0.2) is 0 Å². The molecule has 0 amide bonds. The van der Waals surface area contributed by atoms with E-state index < -0.39 is 23.9 Å². The minimum atomic E-state index is -1.13. The normalized spacial score (nSPS) is 22.1. The number of hydrogen-bond acceptors (Lipinski definition) is 6. The predicted molar refractivity (Wildman–Crippen MR) is 157 cm³/mol. The number of rotatable bonds is 15. The molecule has 0 spiro atoms. The van der Waals surface area contributed by atoms with Crippen LogP contribution in [-0.4, -0.2) is 48.8 Å². The molecule has 6 nitrogen and oxygen atoms in total. The summed E-state index contributed by atoms with van der Waals surface area (Å²) in [6.45, 7) is 1.68. The van der Waals surface area contributed by atoms with Gasteiger partial charge in [-0.2, -0.15) is 0 Å². The lowest BCUT2D eigenvalue weighted by molar-refractivity contribution is -0.172. The Morgan fingerprint density at radius 2 is 1.00 bits per heavy atom. The van der Waals surface area contributed by atoms with Crippen molar-refractivity contribution >= 4 is 0 Å². The van der Waals surface area contributed by atoms with Crippen molar-refractivity contribution in [3.63, 3.8) is 0 Å². The van der Waals surface area contributed by atoms with Crippen LogP contribution in [0.2, 0.25) is 0 Å². The van der Waals surface area contributed by atoms with Gasteiger partial charge in [0.05, 0.1) is 46.2 Å². The van der Waals surface area contributed by atoms with E-state index in [0.29, 0.717) is 26.4 Å². The summed E-state index contributed by atoms with van der Waals surface area (Å²) in [7, 11) is 0. The Morgan fingerprint density at radius 3 is 1.49 bits per heavy atom. The van der Waals surface area contributed by atoms with Crippen LogP contribution < -0.4 is 0 Å². The van der Waals surface area contributed by atoms with Crippen LogP contribution in [0.1, 0.15) is 22.3 Å². The van der Waals surface area contributed by atoms with Gasteiger partial charge in [0.1, 0.15) is 23.9 Å². The molecular formula is C35H38O6. The van der Waals surface area contributed by atoms with Gasteiger partial charge in [0, 0.05) is 0 Å². The van der Waals surface area contributed by atoms with E-state index in [-0.39, 0.29) is 19.8 Å². The highest BCUT2D eigenvalue weighted by Gasteiger charge is 2.57. The lowest BCUT2D eigenvalue weighted by Gasteiger charge is -2.33. The first-order chi connectivity index (χ1) is 20.3. The van der Waals surface area contributed by atoms with Crippen LogP contribution in [0.5, 0.6) is 0 Å². The summed E-state index contributed by atoms with van der Waals surface area (Å²) in [5.41, 5.74) is 3.05. The highest BCUT2D eigenvalue weighted by Crippen LogP contribution is 2.37. The molecule has 4 aromatic rings. The van der Waals surface area contributed by atoms with E-state index in [9.17, 15) is 5.11 Å². The Labute approximate surface area is 242 Å². The third-order valence-electron chi connectivity index (χ3n) is 7.25. The molecule has 41 heavy (non-hydrogen) atoms. The molecule has 0 aromatic heterocycles. The third-order valence-corrected chi connectivity index (χ3v) is 7.25. The summed E-state index contributed by atoms with van der Waals surface area (Å²) in [5.74, 6) is 0. The third kappa shape index (κ3) is 8.11. The van der Waals surface area contributed by atoms with Crippen molar-refractivity contribution in [3.05, 3.63) is 144 Å². The molecule has 1 saturated heterocycles. The maximum atomic E-state index is 10.8. The maximum Gasteiger partial charge on any atom is 0.144 e. The molecule has 0 radical (unpaired) electrons. The predicted octanol–water partition coefficient (Wildman–Crippen LogP) is 5.72. The molecular weight excluding hydrogens is 516 g/mol. The fourth-order valence-electron chi connectivity index (χ4n) is 5.10. The van der Waals surface area contributed by atoms with Gasteiger partial charge < -0.3 is 28.8 Å². The van der Waals surface area contributed by atoms with Crippen LogP contribution in [0.3, 0.4) is 0 Å². The summed E-state index contributed by atoms with van der Waals surface area (Å²) in [6, 6.07) is 40.0. The van der Waals surface area contributed by atoms with Gasteiger partial charge >= 0.3 is 0 Å². The highest BCUT2D eigenvalue weighted by molar-refractivity contribution is 5.17. The van der Waals surface area contributed by atoms with Gasteiger partial charge in [-0.3, -0.25) is 0 Å². The van der Waals surface area contributed by atoms with E-state index in [0.717, 1.165) is 22.3 Å². The summed E-state index contributed by atoms with van der Waals surface area (Å²) in [5, 5.41) is 10.8. The Balaban J connectivity index is 1.36. The van der Waals surface area contributed by atoms with Crippen molar-refractivity contribution < 1.29 is 28.8 Å². The zero-order valence-corrected chi connectivity index (χ0v) is 23.2. The van der Waals surface area contributed by atoms with E-state index in [1.165, 1.54) is 0 Å². The number of benzene rings is 4. The molecule has 0 saturated carbocycles. The summed E-state index contributed by atoms with van der Waals surface area (Å²) >= 11 is 0. The Hall–Kier alpha value is -3.36. The second-order valence-electron chi connectivity index (χ2n) is 10.3. The first-order valence-electron chi connectivity index (χ1n) is 14.1. The Morgan fingerprint density at radius 1 is 0.561 bits per heavy atom. The molecule has 0 aliphatic carbocycles. The lowest BCUT2D eigenvalue weighted by atomic mass is 9.95. The molecule has 1 aliphatic heterocycles. The first-order valence-corrected chi connectivity index (χ1v) is 14.1. The SMILES string of the molecule is OC[C@@]1(COCc2ccccc2)O[C@H](COCc2ccccc2)[C@@H](OCc2ccccc2)[C@@H]1OCc1ccccc1. The van der Waals surface area contributed by atoms with Gasteiger partial charge in [0.15, 0.2) is 0 Å². The van der Waals surface area contributed by atoms with Crippen LogP contribution >= 0.6 is 0 Å². The molecule has 6 heteroatoms. The Bertz CT molecular complexity index is 1270. The maximum absolute atomic E-state index is 10.8. The van der Waals surface area contributed by atoms with Crippen molar-refractivity contribution in [2.45, 2.75) is 50.3 Å². The zero-order chi connectivity index (χ0) is 28.2. The molecule has 1 heterocycles. The lowest BCUT2D eigenvalue weighted by Crippen LogP contribution is -2.51. The van der Waals surface area contributed by atoms with Crippen molar-refractivity contribution in [1.82, 2.24) is 0 Å². The Kier molecular flexibility index (Phi) is 10.7. The minimum Gasteiger partial charge on any atom is -0.393 e. The molecule has 1 aliphatic rings. The van der Waals surface area contributed by atoms with Crippen molar-refractivity contribution in [2.75, 3.05) is 19.8 Å². The summed E-state index contributed by atoms with van der Waals surface area (Å²) < 4.78 is 32.0. The zero-order valence-electron chi connectivity index (χ0n) is 23.2. The van der Waals surface area contributed by atoms with E-state index in [4.69, 9.17) is 23.7 Å².